The topological polar surface area (TPSA) is 63.6 Å². The van der Waals surface area contributed by atoms with Gasteiger partial charge in [-0.15, -0.1) is 11.3 Å². The average Bonchev–Trinajstić information content (AvgIpc) is 3.40. The summed E-state index contributed by atoms with van der Waals surface area (Å²) in [7, 11) is 1.33. The van der Waals surface area contributed by atoms with Gasteiger partial charge in [0.1, 0.15) is 10.8 Å². The van der Waals surface area contributed by atoms with Crippen LogP contribution >= 0.6 is 11.3 Å². The van der Waals surface area contributed by atoms with E-state index < -0.39 is 6.04 Å². The van der Waals surface area contributed by atoms with Crippen molar-refractivity contribution in [2.75, 3.05) is 13.7 Å². The van der Waals surface area contributed by atoms with Crippen LogP contribution in [0.15, 0.2) is 42.6 Å². The molecule has 3 heterocycles. The number of thiophene rings is 1. The van der Waals surface area contributed by atoms with Gasteiger partial charge in [0.2, 0.25) is 0 Å². The van der Waals surface area contributed by atoms with Gasteiger partial charge in [0.05, 0.1) is 31.8 Å². The summed E-state index contributed by atoms with van der Waals surface area (Å²) in [4.78, 5) is 28.2. The van der Waals surface area contributed by atoms with Crippen LogP contribution in [-0.4, -0.2) is 35.1 Å². The van der Waals surface area contributed by atoms with Gasteiger partial charge < -0.3 is 19.5 Å². The molecule has 0 bridgehead atoms. The van der Waals surface area contributed by atoms with Crippen molar-refractivity contribution in [2.24, 2.45) is 0 Å². The summed E-state index contributed by atoms with van der Waals surface area (Å²) in [6, 6.07) is 9.65. The minimum Gasteiger partial charge on any atom is -0.469 e. The van der Waals surface area contributed by atoms with Crippen LogP contribution in [0.25, 0.3) is 5.00 Å². The zero-order chi connectivity index (χ0) is 22.9. The molecule has 0 unspecified atom stereocenters. The molecule has 3 aromatic rings. The summed E-state index contributed by atoms with van der Waals surface area (Å²) >= 11 is 1.81. The van der Waals surface area contributed by atoms with Crippen LogP contribution in [0.2, 0.25) is 0 Å². The van der Waals surface area contributed by atoms with E-state index in [1.54, 1.807) is 22.3 Å². The molecule has 2 aliphatic rings. The average molecular weight is 468 g/mol. The van der Waals surface area contributed by atoms with Gasteiger partial charge in [-0.2, -0.15) is 0 Å². The third-order valence-electron chi connectivity index (χ3n) is 6.44. The Morgan fingerprint density at radius 3 is 2.85 bits per heavy atom. The number of nitrogens with one attached hydrogen (secondary N) is 1. The predicted octanol–water partition coefficient (Wildman–Crippen LogP) is 4.73. The maximum atomic E-state index is 14.2. The van der Waals surface area contributed by atoms with Crippen LogP contribution in [0.1, 0.15) is 52.6 Å². The van der Waals surface area contributed by atoms with Gasteiger partial charge in [-0.1, -0.05) is 12.1 Å². The molecule has 33 heavy (non-hydrogen) atoms. The number of amides is 2. The van der Waals surface area contributed by atoms with Crippen molar-refractivity contribution >= 4 is 23.3 Å². The Balaban J connectivity index is 1.59. The Hall–Kier alpha value is -3.13. The van der Waals surface area contributed by atoms with Gasteiger partial charge in [-0.25, -0.2) is 9.18 Å². The summed E-state index contributed by atoms with van der Waals surface area (Å²) in [6.07, 6.45) is 6.54. The maximum Gasteiger partial charge on any atom is 0.318 e. The number of esters is 1. The summed E-state index contributed by atoms with van der Waals surface area (Å²) < 4.78 is 21.1. The van der Waals surface area contributed by atoms with E-state index in [1.165, 1.54) is 41.7 Å². The number of fused-ring (bicyclic) bond motifs is 5. The van der Waals surface area contributed by atoms with Gasteiger partial charge in [-0.05, 0) is 61.1 Å². The fourth-order valence-electron chi connectivity index (χ4n) is 4.89. The van der Waals surface area contributed by atoms with E-state index >= 15 is 0 Å². The molecule has 2 aromatic heterocycles. The van der Waals surface area contributed by atoms with Crippen LogP contribution in [0.5, 0.6) is 0 Å². The second-order valence-corrected chi connectivity index (χ2v) is 9.52. The number of methoxy groups -OCH3 is 1. The molecule has 0 saturated heterocycles. The van der Waals surface area contributed by atoms with E-state index in [9.17, 15) is 14.0 Å². The molecule has 172 valence electrons. The first-order valence-electron chi connectivity index (χ1n) is 11.2. The highest BCUT2D eigenvalue weighted by atomic mass is 32.1. The van der Waals surface area contributed by atoms with Crippen LogP contribution in [0.3, 0.4) is 0 Å². The monoisotopic (exact) mass is 467 g/mol. The van der Waals surface area contributed by atoms with Crippen LogP contribution < -0.4 is 5.32 Å². The SMILES string of the molecule is COC(=O)CCNC(=O)N1Cc2c(sc3c2CCCC3)-n2cccc2[C@@H]1c1cccc(F)c1. The number of carbonyl (C=O) groups excluding carboxylic acids is 2. The Kier molecular flexibility index (Phi) is 5.93. The first kappa shape index (κ1) is 21.7. The molecule has 1 aromatic carbocycles. The third-order valence-corrected chi connectivity index (χ3v) is 7.77. The summed E-state index contributed by atoms with van der Waals surface area (Å²) in [5, 5.41) is 4.02. The zero-order valence-corrected chi connectivity index (χ0v) is 19.3. The van der Waals surface area contributed by atoms with E-state index in [4.69, 9.17) is 0 Å². The number of aromatic nitrogens is 1. The fraction of sp³-hybridized carbons (Fsp3) is 0.360. The maximum absolute atomic E-state index is 14.2. The number of rotatable bonds is 4. The quantitative estimate of drug-likeness (QED) is 0.564. The molecule has 0 spiro atoms. The van der Waals surface area contributed by atoms with E-state index in [-0.39, 0.29) is 30.8 Å². The summed E-state index contributed by atoms with van der Waals surface area (Å²) in [5.74, 6) is -0.719. The van der Waals surface area contributed by atoms with Crippen molar-refractivity contribution in [1.82, 2.24) is 14.8 Å². The summed E-state index contributed by atoms with van der Waals surface area (Å²) in [5.41, 5.74) is 4.16. The number of halogens is 1. The van der Waals surface area contributed by atoms with Crippen LogP contribution in [-0.2, 0) is 28.9 Å². The van der Waals surface area contributed by atoms with Gasteiger partial charge in [-0.3, -0.25) is 4.79 Å². The largest absolute Gasteiger partial charge is 0.469 e. The molecule has 0 saturated carbocycles. The minimum atomic E-state index is -0.465. The molecular formula is C25H26FN3O3S. The molecule has 2 amide bonds. The van der Waals surface area contributed by atoms with Crippen molar-refractivity contribution in [1.29, 1.82) is 0 Å². The van der Waals surface area contributed by atoms with Crippen molar-refractivity contribution in [3.63, 3.8) is 0 Å². The van der Waals surface area contributed by atoms with Crippen molar-refractivity contribution in [2.45, 2.75) is 44.7 Å². The molecule has 5 rings (SSSR count). The number of hydrogen-bond donors (Lipinski definition) is 1. The van der Waals surface area contributed by atoms with Crippen molar-refractivity contribution in [3.8, 4) is 5.00 Å². The van der Waals surface area contributed by atoms with Crippen LogP contribution in [0.4, 0.5) is 9.18 Å². The molecule has 8 heteroatoms. The van der Waals surface area contributed by atoms with E-state index in [0.717, 1.165) is 30.0 Å². The Bertz CT molecular complexity index is 1200. The zero-order valence-electron chi connectivity index (χ0n) is 18.5. The van der Waals surface area contributed by atoms with E-state index in [2.05, 4.69) is 14.6 Å². The molecule has 6 nitrogen and oxygen atoms in total. The lowest BCUT2D eigenvalue weighted by Gasteiger charge is -2.31. The van der Waals surface area contributed by atoms with E-state index in [0.29, 0.717) is 12.1 Å². The van der Waals surface area contributed by atoms with Gasteiger partial charge in [0, 0.05) is 23.2 Å². The highest BCUT2D eigenvalue weighted by Gasteiger charge is 2.36. The minimum absolute atomic E-state index is 0.0934. The fourth-order valence-corrected chi connectivity index (χ4v) is 6.29. The molecule has 0 fully saturated rings. The number of urea groups is 1. The Morgan fingerprint density at radius 1 is 1.18 bits per heavy atom. The van der Waals surface area contributed by atoms with Gasteiger partial charge in [0.25, 0.3) is 0 Å². The van der Waals surface area contributed by atoms with Crippen LogP contribution in [0, 0.1) is 5.82 Å². The number of carbonyl (C=O) groups is 2. The third kappa shape index (κ3) is 4.04. The standard InChI is InChI=1S/C25H26FN3O3S/c1-32-22(30)11-12-27-25(31)29-15-19-18-8-2-3-10-21(18)33-24(19)28-13-5-9-20(28)23(29)16-6-4-7-17(26)14-16/h4-7,9,13-14,23H,2-3,8,10-12,15H2,1H3,(H,27,31)/t23-/m0/s1. The number of benzene rings is 1. The molecule has 1 N–H and O–H groups in total. The number of aryl methyl sites for hydroxylation is 1. The molecule has 1 aliphatic carbocycles. The highest BCUT2D eigenvalue weighted by molar-refractivity contribution is 7.15. The highest BCUT2D eigenvalue weighted by Crippen LogP contribution is 2.44. The molecular weight excluding hydrogens is 441 g/mol. The Labute approximate surface area is 196 Å². The second kappa shape index (κ2) is 9.02. The van der Waals surface area contributed by atoms with Gasteiger partial charge >= 0.3 is 12.0 Å². The lowest BCUT2D eigenvalue weighted by molar-refractivity contribution is -0.140. The number of ether oxygens (including phenoxy) is 1. The van der Waals surface area contributed by atoms with Gasteiger partial charge in [0.15, 0.2) is 0 Å². The smallest absolute Gasteiger partial charge is 0.318 e. The number of nitrogens with zero attached hydrogens (tertiary/aromatic N) is 2. The first-order chi connectivity index (χ1) is 16.1. The second-order valence-electron chi connectivity index (χ2n) is 8.44. The molecule has 1 aliphatic heterocycles. The number of hydrogen-bond acceptors (Lipinski definition) is 4. The lowest BCUT2D eigenvalue weighted by Crippen LogP contribution is -2.42. The molecule has 0 radical (unpaired) electrons. The van der Waals surface area contributed by atoms with E-state index in [1.807, 2.05) is 24.4 Å². The molecule has 1 atom stereocenters. The summed E-state index contributed by atoms with van der Waals surface area (Å²) in [6.45, 7) is 0.599. The normalized spacial score (nSPS) is 16.9. The van der Waals surface area contributed by atoms with Crippen molar-refractivity contribution in [3.05, 3.63) is 75.7 Å². The lowest BCUT2D eigenvalue weighted by atomic mass is 9.95. The Morgan fingerprint density at radius 2 is 2.03 bits per heavy atom. The first-order valence-corrected chi connectivity index (χ1v) is 12.1. The van der Waals surface area contributed by atoms with Crippen molar-refractivity contribution < 1.29 is 18.7 Å². The predicted molar refractivity (Wildman–Crippen MR) is 124 cm³/mol.